The third kappa shape index (κ3) is 4.58. The molecule has 0 saturated heterocycles. The van der Waals surface area contributed by atoms with E-state index in [2.05, 4.69) is 47.6 Å². The highest BCUT2D eigenvalue weighted by molar-refractivity contribution is 5.87. The molecule has 6 heteroatoms. The summed E-state index contributed by atoms with van der Waals surface area (Å²) < 4.78 is 6.17. The van der Waals surface area contributed by atoms with Gasteiger partial charge in [-0.3, -0.25) is 4.79 Å². The molecule has 6 rings (SSSR count). The zero-order chi connectivity index (χ0) is 32.8. The van der Waals surface area contributed by atoms with Crippen LogP contribution in [0.25, 0.3) is 6.08 Å². The van der Waals surface area contributed by atoms with Crippen LogP contribution in [0.15, 0.2) is 42.0 Å². The lowest BCUT2D eigenvalue weighted by atomic mass is 9.33. The Bertz CT molecular complexity index is 1420. The predicted octanol–water partition coefficient (Wildman–Crippen LogP) is 8.17. The molecule has 10 atom stereocenters. The van der Waals surface area contributed by atoms with E-state index in [0.717, 1.165) is 44.1 Å². The fourth-order valence-corrected chi connectivity index (χ4v) is 11.9. The van der Waals surface area contributed by atoms with Gasteiger partial charge in [0.2, 0.25) is 0 Å². The Hall–Kier alpha value is -2.60. The van der Waals surface area contributed by atoms with Gasteiger partial charge in [-0.25, -0.2) is 4.79 Å². The van der Waals surface area contributed by atoms with E-state index < -0.39 is 17.0 Å². The topological polar surface area (TPSA) is 104 Å². The van der Waals surface area contributed by atoms with Crippen LogP contribution in [0.4, 0.5) is 0 Å². The van der Waals surface area contributed by atoms with Crippen LogP contribution in [0, 0.1) is 50.7 Å². The number of fused-ring (bicyclic) bond motifs is 7. The fourth-order valence-electron chi connectivity index (χ4n) is 11.9. The number of aromatic hydroxyl groups is 1. The number of hydrogen-bond acceptors (Lipinski definition) is 5. The minimum absolute atomic E-state index is 0.0163. The van der Waals surface area contributed by atoms with Crippen LogP contribution in [0.3, 0.4) is 0 Å². The first kappa shape index (κ1) is 32.3. The lowest BCUT2D eigenvalue weighted by Gasteiger charge is -2.71. The number of phenols is 1. The Balaban J connectivity index is 1.28. The number of carboxylic acids is 1. The van der Waals surface area contributed by atoms with Crippen LogP contribution in [0.2, 0.25) is 0 Å². The summed E-state index contributed by atoms with van der Waals surface area (Å²) in [6, 6.07) is 6.74. The minimum Gasteiger partial charge on any atom is -0.508 e. The Morgan fingerprint density at radius 1 is 0.889 bits per heavy atom. The summed E-state index contributed by atoms with van der Waals surface area (Å²) in [4.78, 5) is 26.0. The largest absolute Gasteiger partial charge is 0.508 e. The summed E-state index contributed by atoms with van der Waals surface area (Å²) in [5.41, 5.74) is 0.247. The van der Waals surface area contributed by atoms with E-state index in [0.29, 0.717) is 31.1 Å². The van der Waals surface area contributed by atoms with Crippen molar-refractivity contribution in [3.8, 4) is 5.75 Å². The van der Waals surface area contributed by atoms with E-state index >= 15 is 0 Å². The molecular formula is C39H54O6. The average Bonchev–Trinajstić information content (AvgIpc) is 2.96. The van der Waals surface area contributed by atoms with Gasteiger partial charge in [-0.05, 0) is 122 Å². The van der Waals surface area contributed by atoms with Crippen molar-refractivity contribution >= 4 is 18.0 Å². The van der Waals surface area contributed by atoms with E-state index in [4.69, 9.17) is 4.74 Å². The molecule has 0 amide bonds. The molecule has 45 heavy (non-hydrogen) atoms. The molecule has 5 aliphatic rings. The van der Waals surface area contributed by atoms with Crippen LogP contribution in [0.5, 0.6) is 5.75 Å². The van der Waals surface area contributed by atoms with Crippen molar-refractivity contribution < 1.29 is 29.6 Å². The second-order valence-corrected chi connectivity index (χ2v) is 17.1. The van der Waals surface area contributed by atoms with Crippen LogP contribution in [-0.2, 0) is 14.3 Å². The molecule has 0 bridgehead atoms. The second-order valence-electron chi connectivity index (χ2n) is 17.1. The highest BCUT2D eigenvalue weighted by Crippen LogP contribution is 2.76. The normalized spacial score (nSPS) is 45.3. The standard InChI is InChI=1S/C39H54O6/c1-24-32-27-13-14-29-35(4)18-17-30(45-31(41)15-10-25-8-11-26(40)12-9-25)34(2,3)28(35)16-19-37(29,6)36(27,5)20-22-39(32,33(42)43)23-21-38(24,7)44/h8-13,15,24,28-30,32,40,44H,14,16-23H2,1-7H3,(H,42,43)/b15-10-/t24-,28+,29-,30+,32+,35+,36-,37-,38+,39-/m1/s1. The minimum atomic E-state index is -0.872. The Morgan fingerprint density at radius 3 is 2.22 bits per heavy atom. The zero-order valence-electron chi connectivity index (χ0n) is 28.4. The first-order valence-electron chi connectivity index (χ1n) is 17.3. The van der Waals surface area contributed by atoms with Crippen molar-refractivity contribution in [2.45, 2.75) is 118 Å². The second kappa shape index (κ2) is 10.5. The number of allylic oxidation sites excluding steroid dienone is 2. The van der Waals surface area contributed by atoms with Gasteiger partial charge in [-0.1, -0.05) is 65.3 Å². The SMILES string of the molecule is C[C@@H]1[C@H]2C3=CC[C@@H]4[C@@]5(C)CC[C@H](OC(=O)/C=C\c6ccc(O)cc6)C(C)(C)[C@@H]5CC[C@@]4(C)[C@]3(C)CC[C@@]2(C(=O)O)CC[C@]1(C)O. The molecule has 0 spiro atoms. The number of hydrogen-bond donors (Lipinski definition) is 3. The Kier molecular flexibility index (Phi) is 7.51. The number of carbonyl (C=O) groups is 2. The smallest absolute Gasteiger partial charge is 0.331 e. The first-order chi connectivity index (χ1) is 20.9. The fraction of sp³-hybridized carbons (Fsp3) is 0.692. The molecule has 246 valence electrons. The molecule has 0 aromatic heterocycles. The summed E-state index contributed by atoms with van der Waals surface area (Å²) >= 11 is 0. The summed E-state index contributed by atoms with van der Waals surface area (Å²) in [5.74, 6) is -0.255. The molecular weight excluding hydrogens is 564 g/mol. The third-order valence-electron chi connectivity index (χ3n) is 15.0. The number of benzene rings is 1. The molecule has 4 fully saturated rings. The molecule has 0 aliphatic heterocycles. The van der Waals surface area contributed by atoms with Gasteiger partial charge >= 0.3 is 11.9 Å². The van der Waals surface area contributed by atoms with E-state index in [1.165, 1.54) is 11.6 Å². The summed E-state index contributed by atoms with van der Waals surface area (Å²) in [7, 11) is 0. The molecule has 0 heterocycles. The highest BCUT2D eigenvalue weighted by atomic mass is 16.5. The number of ether oxygens (including phenoxy) is 1. The number of carboxylic acid groups (broad SMARTS) is 1. The third-order valence-corrected chi connectivity index (χ3v) is 15.0. The van der Waals surface area contributed by atoms with Gasteiger partial charge in [0.05, 0.1) is 11.0 Å². The quantitative estimate of drug-likeness (QED) is 0.179. The monoisotopic (exact) mass is 618 g/mol. The lowest BCUT2D eigenvalue weighted by Crippen LogP contribution is -2.66. The van der Waals surface area contributed by atoms with E-state index in [1.807, 2.05) is 6.92 Å². The number of esters is 1. The summed E-state index contributed by atoms with van der Waals surface area (Å²) in [6.07, 6.45) is 13.0. The summed E-state index contributed by atoms with van der Waals surface area (Å²) in [6.45, 7) is 16.0. The molecule has 3 N–H and O–H groups in total. The molecule has 0 radical (unpaired) electrons. The maximum absolute atomic E-state index is 13.0. The van der Waals surface area contributed by atoms with E-state index in [1.54, 1.807) is 30.3 Å². The first-order valence-corrected chi connectivity index (χ1v) is 17.3. The van der Waals surface area contributed by atoms with Crippen LogP contribution < -0.4 is 0 Å². The van der Waals surface area contributed by atoms with E-state index in [-0.39, 0.29) is 51.3 Å². The predicted molar refractivity (Wildman–Crippen MR) is 175 cm³/mol. The van der Waals surface area contributed by atoms with Crippen molar-refractivity contribution in [2.75, 3.05) is 0 Å². The zero-order valence-corrected chi connectivity index (χ0v) is 28.4. The van der Waals surface area contributed by atoms with Gasteiger partial charge in [0.25, 0.3) is 0 Å². The molecule has 5 aliphatic carbocycles. The van der Waals surface area contributed by atoms with Gasteiger partial charge < -0.3 is 20.1 Å². The molecule has 0 unspecified atom stereocenters. The number of aliphatic carboxylic acids is 1. The van der Waals surface area contributed by atoms with Gasteiger partial charge in [-0.2, -0.15) is 0 Å². The lowest BCUT2D eigenvalue weighted by molar-refractivity contribution is -0.216. The Morgan fingerprint density at radius 2 is 1.56 bits per heavy atom. The number of rotatable bonds is 4. The van der Waals surface area contributed by atoms with E-state index in [9.17, 15) is 24.9 Å². The van der Waals surface area contributed by atoms with Crippen molar-refractivity contribution in [2.24, 2.45) is 50.7 Å². The maximum Gasteiger partial charge on any atom is 0.331 e. The number of carbonyl (C=O) groups excluding carboxylic acids is 1. The van der Waals surface area contributed by atoms with Crippen LogP contribution in [-0.4, -0.2) is 39.0 Å². The Labute approximate surface area is 269 Å². The maximum atomic E-state index is 13.0. The molecule has 1 aromatic carbocycles. The van der Waals surface area contributed by atoms with Crippen LogP contribution in [0.1, 0.15) is 112 Å². The van der Waals surface area contributed by atoms with Gasteiger partial charge in [0, 0.05) is 17.4 Å². The summed E-state index contributed by atoms with van der Waals surface area (Å²) in [5, 5.41) is 31.6. The average molecular weight is 619 g/mol. The number of aliphatic hydroxyl groups is 1. The van der Waals surface area contributed by atoms with Crippen LogP contribution >= 0.6 is 0 Å². The van der Waals surface area contributed by atoms with Gasteiger partial charge in [-0.15, -0.1) is 0 Å². The van der Waals surface area contributed by atoms with Crippen molar-refractivity contribution in [3.05, 3.63) is 47.6 Å². The van der Waals surface area contributed by atoms with Crippen molar-refractivity contribution in [1.29, 1.82) is 0 Å². The van der Waals surface area contributed by atoms with Crippen molar-refractivity contribution in [1.82, 2.24) is 0 Å². The van der Waals surface area contributed by atoms with Crippen molar-refractivity contribution in [3.63, 3.8) is 0 Å². The molecule has 4 saturated carbocycles. The molecule has 1 aromatic rings. The number of phenolic OH excluding ortho intramolecular Hbond substituents is 1. The molecule has 6 nitrogen and oxygen atoms in total. The van der Waals surface area contributed by atoms with Gasteiger partial charge in [0.15, 0.2) is 0 Å². The highest BCUT2D eigenvalue weighted by Gasteiger charge is 2.70. The van der Waals surface area contributed by atoms with Gasteiger partial charge in [0.1, 0.15) is 11.9 Å².